The Balaban J connectivity index is 1.99. The van der Waals surface area contributed by atoms with Gasteiger partial charge in [-0.05, 0) is 30.2 Å². The molecule has 4 nitrogen and oxygen atoms in total. The lowest BCUT2D eigenvalue weighted by molar-refractivity contribution is -0.137. The summed E-state index contributed by atoms with van der Waals surface area (Å²) in [6.45, 7) is 1.34. The Bertz CT molecular complexity index is 611. The lowest BCUT2D eigenvalue weighted by atomic mass is 10.0. The summed E-state index contributed by atoms with van der Waals surface area (Å²) >= 11 is 0. The van der Waals surface area contributed by atoms with Crippen molar-refractivity contribution in [2.45, 2.75) is 19.4 Å². The van der Waals surface area contributed by atoms with Gasteiger partial charge < -0.3 is 15.2 Å². The molecule has 0 saturated heterocycles. The number of carbonyl (C=O) groups is 1. The van der Waals surface area contributed by atoms with Gasteiger partial charge in [-0.15, -0.1) is 0 Å². The van der Waals surface area contributed by atoms with Crippen LogP contribution in [-0.2, 0) is 11.3 Å². The van der Waals surface area contributed by atoms with E-state index in [2.05, 4.69) is 23.5 Å². The number of hydrogen-bond donors (Lipinski definition) is 2. The van der Waals surface area contributed by atoms with Crippen molar-refractivity contribution in [2.24, 2.45) is 0 Å². The van der Waals surface area contributed by atoms with E-state index < -0.39 is 5.97 Å². The van der Waals surface area contributed by atoms with Crippen molar-refractivity contribution >= 4 is 5.97 Å². The fraction of sp³-hybridized carbons (Fsp3) is 0.278. The van der Waals surface area contributed by atoms with Crippen LogP contribution in [0.3, 0.4) is 0 Å². The van der Waals surface area contributed by atoms with Crippen molar-refractivity contribution in [3.05, 3.63) is 54.1 Å². The van der Waals surface area contributed by atoms with E-state index in [1.165, 1.54) is 0 Å². The number of carboxylic acids is 1. The molecular formula is C18H21NO3. The molecule has 0 atom stereocenters. The number of carboxylic acid groups (broad SMARTS) is 1. The molecule has 2 aromatic rings. The number of benzene rings is 2. The smallest absolute Gasteiger partial charge is 0.303 e. The number of methoxy groups -OCH3 is 1. The molecule has 0 aliphatic rings. The Morgan fingerprint density at radius 3 is 2.59 bits per heavy atom. The normalized spacial score (nSPS) is 10.4. The monoisotopic (exact) mass is 299 g/mol. The van der Waals surface area contributed by atoms with E-state index in [9.17, 15) is 4.79 Å². The molecule has 0 bridgehead atoms. The molecule has 2 rings (SSSR count). The van der Waals surface area contributed by atoms with Gasteiger partial charge in [0.05, 0.1) is 7.11 Å². The number of aliphatic carboxylic acids is 1. The summed E-state index contributed by atoms with van der Waals surface area (Å²) in [6, 6.07) is 16.3. The Hall–Kier alpha value is -2.33. The van der Waals surface area contributed by atoms with E-state index >= 15 is 0 Å². The van der Waals surface area contributed by atoms with Gasteiger partial charge in [-0.2, -0.15) is 0 Å². The molecule has 0 spiro atoms. The number of hydrogen-bond acceptors (Lipinski definition) is 3. The molecule has 0 aliphatic carbocycles. The van der Waals surface area contributed by atoms with Gasteiger partial charge in [0.25, 0.3) is 0 Å². The van der Waals surface area contributed by atoms with E-state index in [-0.39, 0.29) is 6.42 Å². The van der Waals surface area contributed by atoms with Crippen LogP contribution in [0, 0.1) is 0 Å². The SMILES string of the molecule is COc1cc(-c2ccccc2)ccc1CNCCCC(=O)O. The summed E-state index contributed by atoms with van der Waals surface area (Å²) in [5.41, 5.74) is 3.34. The third-order valence-corrected chi connectivity index (χ3v) is 3.45. The van der Waals surface area contributed by atoms with Gasteiger partial charge in [0, 0.05) is 18.5 Å². The quantitative estimate of drug-likeness (QED) is 0.734. The van der Waals surface area contributed by atoms with Gasteiger partial charge in [-0.3, -0.25) is 4.79 Å². The minimum absolute atomic E-state index is 0.192. The molecule has 0 fully saturated rings. The van der Waals surface area contributed by atoms with Crippen LogP contribution in [0.15, 0.2) is 48.5 Å². The summed E-state index contributed by atoms with van der Waals surface area (Å²) in [7, 11) is 1.66. The molecule has 116 valence electrons. The first kappa shape index (κ1) is 16.0. The first-order valence-corrected chi connectivity index (χ1v) is 7.35. The van der Waals surface area contributed by atoms with Gasteiger partial charge in [0.15, 0.2) is 0 Å². The fourth-order valence-electron chi connectivity index (χ4n) is 2.29. The highest BCUT2D eigenvalue weighted by Gasteiger charge is 2.06. The molecule has 0 aromatic heterocycles. The predicted octanol–water partition coefficient (Wildman–Crippen LogP) is 3.32. The van der Waals surface area contributed by atoms with Crippen molar-refractivity contribution in [3.8, 4) is 16.9 Å². The average Bonchev–Trinajstić information content (AvgIpc) is 2.55. The molecule has 0 radical (unpaired) electrons. The van der Waals surface area contributed by atoms with E-state index in [1.54, 1.807) is 7.11 Å². The Labute approximate surface area is 130 Å². The highest BCUT2D eigenvalue weighted by molar-refractivity contribution is 5.66. The van der Waals surface area contributed by atoms with Crippen LogP contribution >= 0.6 is 0 Å². The zero-order valence-electron chi connectivity index (χ0n) is 12.7. The molecule has 0 amide bonds. The van der Waals surface area contributed by atoms with E-state index in [1.807, 2.05) is 30.3 Å². The summed E-state index contributed by atoms with van der Waals surface area (Å²) in [5, 5.41) is 11.9. The van der Waals surface area contributed by atoms with Gasteiger partial charge in [-0.1, -0.05) is 42.5 Å². The van der Waals surface area contributed by atoms with Crippen molar-refractivity contribution in [1.29, 1.82) is 0 Å². The zero-order chi connectivity index (χ0) is 15.8. The Morgan fingerprint density at radius 2 is 1.91 bits per heavy atom. The minimum Gasteiger partial charge on any atom is -0.496 e. The maximum atomic E-state index is 10.5. The summed E-state index contributed by atoms with van der Waals surface area (Å²) in [4.78, 5) is 10.5. The second kappa shape index (κ2) is 8.20. The van der Waals surface area contributed by atoms with Gasteiger partial charge in [0.2, 0.25) is 0 Å². The third kappa shape index (κ3) is 4.60. The highest BCUT2D eigenvalue weighted by Crippen LogP contribution is 2.27. The molecule has 4 heteroatoms. The molecule has 0 aliphatic heterocycles. The topological polar surface area (TPSA) is 58.6 Å². The molecule has 22 heavy (non-hydrogen) atoms. The second-order valence-corrected chi connectivity index (χ2v) is 5.07. The van der Waals surface area contributed by atoms with Gasteiger partial charge >= 0.3 is 5.97 Å². The first-order valence-electron chi connectivity index (χ1n) is 7.35. The maximum absolute atomic E-state index is 10.5. The van der Waals surface area contributed by atoms with Crippen molar-refractivity contribution in [1.82, 2.24) is 5.32 Å². The lowest BCUT2D eigenvalue weighted by Gasteiger charge is -2.12. The maximum Gasteiger partial charge on any atom is 0.303 e. The van der Waals surface area contributed by atoms with Gasteiger partial charge in [-0.25, -0.2) is 0 Å². The number of nitrogens with one attached hydrogen (secondary N) is 1. The second-order valence-electron chi connectivity index (χ2n) is 5.07. The molecule has 0 heterocycles. The third-order valence-electron chi connectivity index (χ3n) is 3.45. The van der Waals surface area contributed by atoms with Crippen LogP contribution in [-0.4, -0.2) is 24.7 Å². The molecule has 0 unspecified atom stereocenters. The van der Waals surface area contributed by atoms with Gasteiger partial charge in [0.1, 0.15) is 5.75 Å². The fourth-order valence-corrected chi connectivity index (χ4v) is 2.29. The van der Waals surface area contributed by atoms with Crippen LogP contribution in [0.4, 0.5) is 0 Å². The average molecular weight is 299 g/mol. The zero-order valence-corrected chi connectivity index (χ0v) is 12.7. The molecular weight excluding hydrogens is 278 g/mol. The largest absolute Gasteiger partial charge is 0.496 e. The number of rotatable bonds is 8. The van der Waals surface area contributed by atoms with E-state index in [0.717, 1.165) is 22.4 Å². The van der Waals surface area contributed by atoms with Crippen LogP contribution in [0.2, 0.25) is 0 Å². The van der Waals surface area contributed by atoms with E-state index in [4.69, 9.17) is 9.84 Å². The summed E-state index contributed by atoms with van der Waals surface area (Å²) in [6.07, 6.45) is 0.816. The highest BCUT2D eigenvalue weighted by atomic mass is 16.5. The lowest BCUT2D eigenvalue weighted by Crippen LogP contribution is -2.16. The Kier molecular flexibility index (Phi) is 5.98. The van der Waals surface area contributed by atoms with Crippen molar-refractivity contribution in [3.63, 3.8) is 0 Å². The predicted molar refractivity (Wildman–Crippen MR) is 87.0 cm³/mol. The van der Waals surface area contributed by atoms with Crippen LogP contribution < -0.4 is 10.1 Å². The molecule has 0 saturated carbocycles. The minimum atomic E-state index is -0.758. The molecule has 2 N–H and O–H groups in total. The molecule has 2 aromatic carbocycles. The van der Waals surface area contributed by atoms with Crippen LogP contribution in [0.1, 0.15) is 18.4 Å². The Morgan fingerprint density at radius 1 is 1.14 bits per heavy atom. The summed E-state index contributed by atoms with van der Waals surface area (Å²) in [5.74, 6) is 0.0821. The van der Waals surface area contributed by atoms with E-state index in [0.29, 0.717) is 19.5 Å². The summed E-state index contributed by atoms with van der Waals surface area (Å²) < 4.78 is 5.47. The number of ether oxygens (including phenoxy) is 1. The van der Waals surface area contributed by atoms with Crippen LogP contribution in [0.5, 0.6) is 5.75 Å². The first-order chi connectivity index (χ1) is 10.7. The van der Waals surface area contributed by atoms with Crippen molar-refractivity contribution < 1.29 is 14.6 Å². The van der Waals surface area contributed by atoms with Crippen LogP contribution in [0.25, 0.3) is 11.1 Å². The van der Waals surface area contributed by atoms with Crippen molar-refractivity contribution in [2.75, 3.05) is 13.7 Å². The standard InChI is InChI=1S/C18H21NO3/c1-22-17-12-15(14-6-3-2-4-7-14)9-10-16(17)13-19-11-5-8-18(20)21/h2-4,6-7,9-10,12,19H,5,8,11,13H2,1H3,(H,20,21).